The standard InChI is InChI=1S/C11H10INO3/c1-3-16-11(14)9-7(6-13)4-5-8(15-2)10(9)12/h4-5H,3H2,1-2H3. The van der Waals surface area contributed by atoms with E-state index in [9.17, 15) is 4.79 Å². The average Bonchev–Trinajstić information content (AvgIpc) is 2.28. The highest BCUT2D eigenvalue weighted by Crippen LogP contribution is 2.27. The topological polar surface area (TPSA) is 59.3 Å². The lowest BCUT2D eigenvalue weighted by Crippen LogP contribution is -2.10. The van der Waals surface area contributed by atoms with Gasteiger partial charge in [-0.1, -0.05) is 0 Å². The Hall–Kier alpha value is -1.29. The smallest absolute Gasteiger partial charge is 0.340 e. The number of ether oxygens (including phenoxy) is 2. The van der Waals surface area contributed by atoms with Crippen molar-refractivity contribution in [2.75, 3.05) is 13.7 Å². The van der Waals surface area contributed by atoms with Gasteiger partial charge in [0, 0.05) is 0 Å². The summed E-state index contributed by atoms with van der Waals surface area (Å²) in [5.74, 6) is 0.0602. The minimum absolute atomic E-state index is 0.268. The monoisotopic (exact) mass is 331 g/mol. The van der Waals surface area contributed by atoms with E-state index in [4.69, 9.17) is 14.7 Å². The quantitative estimate of drug-likeness (QED) is 0.630. The number of nitrogens with zero attached hydrogens (tertiary/aromatic N) is 1. The van der Waals surface area contributed by atoms with Crippen molar-refractivity contribution in [1.82, 2.24) is 0 Å². The molecule has 0 bridgehead atoms. The summed E-state index contributed by atoms with van der Waals surface area (Å²) in [6.45, 7) is 1.99. The second-order valence-corrected chi connectivity index (χ2v) is 3.92. The van der Waals surface area contributed by atoms with Gasteiger partial charge in [-0.15, -0.1) is 0 Å². The van der Waals surface area contributed by atoms with Crippen LogP contribution in [0.5, 0.6) is 5.75 Å². The van der Waals surface area contributed by atoms with Crippen LogP contribution in [0.15, 0.2) is 12.1 Å². The molecule has 0 aliphatic rings. The van der Waals surface area contributed by atoms with Gasteiger partial charge in [0.2, 0.25) is 0 Å². The molecule has 5 heteroatoms. The molecule has 0 aromatic heterocycles. The number of nitriles is 1. The third-order valence-electron chi connectivity index (χ3n) is 1.93. The Balaban J connectivity index is 3.33. The number of carbonyl (C=O) groups is 1. The van der Waals surface area contributed by atoms with Crippen LogP contribution in [0.2, 0.25) is 0 Å². The van der Waals surface area contributed by atoms with Crippen molar-refractivity contribution in [2.45, 2.75) is 6.92 Å². The van der Waals surface area contributed by atoms with E-state index < -0.39 is 5.97 Å². The maximum atomic E-state index is 11.7. The number of methoxy groups -OCH3 is 1. The summed E-state index contributed by atoms with van der Waals surface area (Å²) in [4.78, 5) is 11.7. The molecule has 0 aliphatic carbocycles. The minimum Gasteiger partial charge on any atom is -0.496 e. The van der Waals surface area contributed by atoms with E-state index in [-0.39, 0.29) is 12.2 Å². The molecule has 0 radical (unpaired) electrons. The van der Waals surface area contributed by atoms with Crippen LogP contribution < -0.4 is 4.74 Å². The van der Waals surface area contributed by atoms with Gasteiger partial charge in [0.1, 0.15) is 11.8 Å². The summed E-state index contributed by atoms with van der Waals surface area (Å²) >= 11 is 1.97. The number of carbonyl (C=O) groups excluding carboxylic acids is 1. The summed E-state index contributed by atoms with van der Waals surface area (Å²) in [6, 6.07) is 5.17. The Kier molecular flexibility index (Phi) is 4.55. The van der Waals surface area contributed by atoms with Crippen LogP contribution in [-0.4, -0.2) is 19.7 Å². The molecule has 1 aromatic rings. The van der Waals surface area contributed by atoms with Gasteiger partial charge in [0.05, 0.1) is 28.4 Å². The van der Waals surface area contributed by atoms with Gasteiger partial charge in [0.25, 0.3) is 0 Å². The van der Waals surface area contributed by atoms with Crippen LogP contribution in [0.25, 0.3) is 0 Å². The van der Waals surface area contributed by atoms with Crippen LogP contribution in [0, 0.1) is 14.9 Å². The predicted octanol–water partition coefficient (Wildman–Crippen LogP) is 2.35. The number of halogens is 1. The maximum Gasteiger partial charge on any atom is 0.340 e. The lowest BCUT2D eigenvalue weighted by atomic mass is 10.1. The first-order valence-electron chi connectivity index (χ1n) is 4.59. The molecule has 0 N–H and O–H groups in total. The first-order valence-corrected chi connectivity index (χ1v) is 5.67. The zero-order valence-electron chi connectivity index (χ0n) is 8.91. The first kappa shape index (κ1) is 12.8. The fraction of sp³-hybridized carbons (Fsp3) is 0.273. The molecule has 0 unspecified atom stereocenters. The highest BCUT2D eigenvalue weighted by molar-refractivity contribution is 14.1. The summed E-state index contributed by atoms with van der Waals surface area (Å²) in [6.07, 6.45) is 0. The molecular formula is C11H10INO3. The third-order valence-corrected chi connectivity index (χ3v) is 3.00. The summed E-state index contributed by atoms with van der Waals surface area (Å²) in [5, 5.41) is 8.92. The summed E-state index contributed by atoms with van der Waals surface area (Å²) in [7, 11) is 1.51. The van der Waals surface area contributed by atoms with E-state index in [0.29, 0.717) is 14.9 Å². The van der Waals surface area contributed by atoms with Gasteiger partial charge in [-0.05, 0) is 41.6 Å². The van der Waals surface area contributed by atoms with Crippen molar-refractivity contribution in [3.8, 4) is 11.8 Å². The molecule has 16 heavy (non-hydrogen) atoms. The number of esters is 1. The highest BCUT2D eigenvalue weighted by Gasteiger charge is 2.19. The van der Waals surface area contributed by atoms with Crippen LogP contribution in [0.3, 0.4) is 0 Å². The van der Waals surface area contributed by atoms with Gasteiger partial charge < -0.3 is 9.47 Å². The van der Waals surface area contributed by atoms with E-state index in [1.807, 2.05) is 28.7 Å². The number of rotatable bonds is 3. The Morgan fingerprint density at radius 3 is 2.75 bits per heavy atom. The predicted molar refractivity (Wildman–Crippen MR) is 66.4 cm³/mol. The average molecular weight is 331 g/mol. The SMILES string of the molecule is CCOC(=O)c1c(C#N)ccc(OC)c1I. The molecule has 0 atom stereocenters. The third kappa shape index (κ3) is 2.44. The van der Waals surface area contributed by atoms with Crippen LogP contribution in [0.1, 0.15) is 22.8 Å². The second kappa shape index (κ2) is 5.70. The van der Waals surface area contributed by atoms with Crippen molar-refractivity contribution in [3.05, 3.63) is 26.8 Å². The molecule has 0 saturated carbocycles. The van der Waals surface area contributed by atoms with Gasteiger partial charge in [-0.2, -0.15) is 5.26 Å². The van der Waals surface area contributed by atoms with E-state index in [2.05, 4.69) is 0 Å². The Morgan fingerprint density at radius 1 is 1.56 bits per heavy atom. The maximum absolute atomic E-state index is 11.7. The molecule has 84 valence electrons. The second-order valence-electron chi connectivity index (χ2n) is 2.84. The van der Waals surface area contributed by atoms with E-state index >= 15 is 0 Å². The molecule has 4 nitrogen and oxygen atoms in total. The fourth-order valence-corrected chi connectivity index (χ4v) is 2.12. The van der Waals surface area contributed by atoms with Crippen molar-refractivity contribution in [1.29, 1.82) is 5.26 Å². The zero-order valence-corrected chi connectivity index (χ0v) is 11.1. The van der Waals surface area contributed by atoms with Crippen molar-refractivity contribution in [3.63, 3.8) is 0 Å². The number of hydrogen-bond acceptors (Lipinski definition) is 4. The van der Waals surface area contributed by atoms with E-state index in [0.717, 1.165) is 0 Å². The Morgan fingerprint density at radius 2 is 2.25 bits per heavy atom. The van der Waals surface area contributed by atoms with Crippen molar-refractivity contribution >= 4 is 28.6 Å². The molecule has 0 saturated heterocycles. The van der Waals surface area contributed by atoms with Crippen LogP contribution in [0.4, 0.5) is 0 Å². The molecule has 1 aromatic carbocycles. The van der Waals surface area contributed by atoms with Crippen LogP contribution >= 0.6 is 22.6 Å². The Bertz CT molecular complexity index is 451. The van der Waals surface area contributed by atoms with Gasteiger partial charge in [0.15, 0.2) is 0 Å². The molecule has 0 fully saturated rings. The molecule has 1 rings (SSSR count). The number of benzene rings is 1. The normalized spacial score (nSPS) is 9.38. The molecule has 0 amide bonds. The fourth-order valence-electron chi connectivity index (χ4n) is 1.21. The molecule has 0 heterocycles. The zero-order chi connectivity index (χ0) is 12.1. The van der Waals surface area contributed by atoms with Crippen molar-refractivity contribution in [2.24, 2.45) is 0 Å². The van der Waals surface area contributed by atoms with Gasteiger partial charge in [-0.25, -0.2) is 4.79 Å². The summed E-state index contributed by atoms with van der Waals surface area (Å²) < 4.78 is 10.6. The Labute approximate surface area is 107 Å². The van der Waals surface area contributed by atoms with Crippen LogP contribution in [-0.2, 0) is 4.74 Å². The molecule has 0 aliphatic heterocycles. The minimum atomic E-state index is -0.498. The number of hydrogen-bond donors (Lipinski definition) is 0. The first-order chi connectivity index (χ1) is 7.65. The lowest BCUT2D eigenvalue weighted by Gasteiger charge is -2.09. The summed E-state index contributed by atoms with van der Waals surface area (Å²) in [5.41, 5.74) is 0.563. The largest absolute Gasteiger partial charge is 0.496 e. The molecule has 0 spiro atoms. The lowest BCUT2D eigenvalue weighted by molar-refractivity contribution is 0.0524. The van der Waals surface area contributed by atoms with E-state index in [1.165, 1.54) is 7.11 Å². The van der Waals surface area contributed by atoms with Crippen molar-refractivity contribution < 1.29 is 14.3 Å². The highest BCUT2D eigenvalue weighted by atomic mass is 127. The van der Waals surface area contributed by atoms with Gasteiger partial charge >= 0.3 is 5.97 Å². The van der Waals surface area contributed by atoms with Gasteiger partial charge in [-0.3, -0.25) is 0 Å². The molecular weight excluding hydrogens is 321 g/mol. The van der Waals surface area contributed by atoms with E-state index in [1.54, 1.807) is 19.1 Å².